The molecule has 1 aromatic heterocycles. The van der Waals surface area contributed by atoms with E-state index in [9.17, 15) is 19.7 Å². The van der Waals surface area contributed by atoms with Gasteiger partial charge in [0.1, 0.15) is 0 Å². The van der Waals surface area contributed by atoms with Crippen LogP contribution in [0.5, 0.6) is 0 Å². The molecule has 23 heavy (non-hydrogen) atoms. The number of carbonyl (C=O) groups excluding carboxylic acids is 2. The zero-order chi connectivity index (χ0) is 16.8. The molecule has 0 unspecified atom stereocenters. The summed E-state index contributed by atoms with van der Waals surface area (Å²) >= 11 is 2.45. The van der Waals surface area contributed by atoms with E-state index >= 15 is 0 Å². The summed E-state index contributed by atoms with van der Waals surface area (Å²) in [6, 6.07) is 3.90. The fourth-order valence-corrected chi connectivity index (χ4v) is 3.54. The Bertz CT molecular complexity index is 747. The molecule has 0 aliphatic carbocycles. The molecule has 122 valence electrons. The standard InChI is InChI=1S/C13H14N4O4S2/c1-2-5-14-12(19)16-11(18)7-22-13-15-9-4-3-8(17(20)21)6-10(9)23-13/h3-4,6H,2,5,7H2,1H3,(H2,14,16,18,19). The minimum absolute atomic E-state index is 0.00281. The largest absolute Gasteiger partial charge is 0.338 e. The molecule has 2 aromatic rings. The highest BCUT2D eigenvalue weighted by Crippen LogP contribution is 2.31. The lowest BCUT2D eigenvalue weighted by atomic mass is 10.3. The van der Waals surface area contributed by atoms with Crippen LogP contribution in [0, 0.1) is 10.1 Å². The summed E-state index contributed by atoms with van der Waals surface area (Å²) in [7, 11) is 0. The van der Waals surface area contributed by atoms with Gasteiger partial charge in [-0.1, -0.05) is 18.7 Å². The van der Waals surface area contributed by atoms with E-state index in [0.29, 0.717) is 21.1 Å². The first kappa shape index (κ1) is 17.2. The Morgan fingerprint density at radius 1 is 1.43 bits per heavy atom. The summed E-state index contributed by atoms with van der Waals surface area (Å²) in [5.74, 6) is -0.379. The van der Waals surface area contributed by atoms with Crippen LogP contribution >= 0.6 is 23.1 Å². The topological polar surface area (TPSA) is 114 Å². The second kappa shape index (κ2) is 7.88. The zero-order valence-corrected chi connectivity index (χ0v) is 13.8. The third-order valence-electron chi connectivity index (χ3n) is 2.68. The Morgan fingerprint density at radius 3 is 2.91 bits per heavy atom. The van der Waals surface area contributed by atoms with Gasteiger partial charge in [-0.3, -0.25) is 20.2 Å². The summed E-state index contributed by atoms with van der Waals surface area (Å²) in [5.41, 5.74) is 0.646. The van der Waals surface area contributed by atoms with Crippen molar-refractivity contribution in [3.05, 3.63) is 28.3 Å². The number of hydrogen-bond acceptors (Lipinski definition) is 7. The lowest BCUT2D eigenvalue weighted by Crippen LogP contribution is -2.40. The molecular formula is C13H14N4O4S2. The van der Waals surface area contributed by atoms with Crippen molar-refractivity contribution >= 4 is 50.9 Å². The minimum atomic E-state index is -0.516. The number of benzene rings is 1. The Balaban J connectivity index is 1.93. The third-order valence-corrected chi connectivity index (χ3v) is 4.84. The van der Waals surface area contributed by atoms with Gasteiger partial charge >= 0.3 is 6.03 Å². The molecule has 0 atom stereocenters. The molecule has 2 rings (SSSR count). The number of thiazole rings is 1. The molecule has 1 aromatic carbocycles. The maximum Gasteiger partial charge on any atom is 0.321 e. The number of aromatic nitrogens is 1. The summed E-state index contributed by atoms with van der Waals surface area (Å²) < 4.78 is 1.30. The number of nitro benzene ring substituents is 1. The quantitative estimate of drug-likeness (QED) is 0.468. The molecule has 0 fully saturated rings. The molecule has 0 radical (unpaired) electrons. The van der Waals surface area contributed by atoms with E-state index in [1.807, 2.05) is 6.92 Å². The molecule has 0 bridgehead atoms. The van der Waals surface area contributed by atoms with E-state index in [0.717, 1.165) is 6.42 Å². The van der Waals surface area contributed by atoms with Crippen LogP contribution in [0.1, 0.15) is 13.3 Å². The van der Waals surface area contributed by atoms with Gasteiger partial charge in [-0.25, -0.2) is 9.78 Å². The molecule has 8 nitrogen and oxygen atoms in total. The van der Waals surface area contributed by atoms with Gasteiger partial charge in [0.2, 0.25) is 5.91 Å². The smallest absolute Gasteiger partial charge is 0.321 e. The van der Waals surface area contributed by atoms with E-state index in [-0.39, 0.29) is 11.4 Å². The molecule has 2 N–H and O–H groups in total. The average molecular weight is 354 g/mol. The molecule has 0 aliphatic rings. The van der Waals surface area contributed by atoms with Crippen molar-refractivity contribution in [3.63, 3.8) is 0 Å². The predicted octanol–water partition coefficient (Wildman–Crippen LogP) is 2.53. The number of nitrogens with zero attached hydrogens (tertiary/aromatic N) is 2. The van der Waals surface area contributed by atoms with E-state index in [1.54, 1.807) is 6.07 Å². The van der Waals surface area contributed by atoms with E-state index in [2.05, 4.69) is 15.6 Å². The van der Waals surface area contributed by atoms with Crippen LogP contribution in [0.2, 0.25) is 0 Å². The van der Waals surface area contributed by atoms with Crippen molar-refractivity contribution in [3.8, 4) is 0 Å². The number of carbonyl (C=O) groups is 2. The summed E-state index contributed by atoms with van der Waals surface area (Å²) in [5, 5.41) is 15.5. The maximum atomic E-state index is 11.6. The Morgan fingerprint density at radius 2 is 2.22 bits per heavy atom. The summed E-state index contributed by atoms with van der Waals surface area (Å²) in [4.78, 5) is 37.5. The van der Waals surface area contributed by atoms with Gasteiger partial charge < -0.3 is 5.32 Å². The third kappa shape index (κ3) is 4.89. The van der Waals surface area contributed by atoms with E-state index in [4.69, 9.17) is 0 Å². The Labute approximate surface area is 139 Å². The zero-order valence-electron chi connectivity index (χ0n) is 12.2. The normalized spacial score (nSPS) is 10.5. The lowest BCUT2D eigenvalue weighted by molar-refractivity contribution is -0.384. The highest BCUT2D eigenvalue weighted by Gasteiger charge is 2.12. The van der Waals surface area contributed by atoms with Gasteiger partial charge in [-0.2, -0.15) is 0 Å². The van der Waals surface area contributed by atoms with Crippen molar-refractivity contribution < 1.29 is 14.5 Å². The first-order chi connectivity index (χ1) is 11.0. The van der Waals surface area contributed by atoms with Gasteiger partial charge in [0.05, 0.1) is 20.9 Å². The van der Waals surface area contributed by atoms with Crippen LogP contribution in [-0.2, 0) is 4.79 Å². The molecule has 3 amide bonds. The fraction of sp³-hybridized carbons (Fsp3) is 0.308. The number of fused-ring (bicyclic) bond motifs is 1. The van der Waals surface area contributed by atoms with Crippen molar-refractivity contribution in [2.75, 3.05) is 12.3 Å². The highest BCUT2D eigenvalue weighted by molar-refractivity contribution is 8.01. The predicted molar refractivity (Wildman–Crippen MR) is 88.8 cm³/mol. The van der Waals surface area contributed by atoms with E-state index in [1.165, 1.54) is 35.2 Å². The van der Waals surface area contributed by atoms with Gasteiger partial charge in [0.15, 0.2) is 4.34 Å². The molecule has 0 aliphatic heterocycles. The van der Waals surface area contributed by atoms with E-state index < -0.39 is 16.9 Å². The first-order valence-corrected chi connectivity index (χ1v) is 8.55. The van der Waals surface area contributed by atoms with Crippen molar-refractivity contribution in [2.45, 2.75) is 17.7 Å². The highest BCUT2D eigenvalue weighted by atomic mass is 32.2. The van der Waals surface area contributed by atoms with Gasteiger partial charge in [0, 0.05) is 18.7 Å². The number of thioether (sulfide) groups is 1. The van der Waals surface area contributed by atoms with Crippen LogP contribution in [0.25, 0.3) is 10.2 Å². The van der Waals surface area contributed by atoms with Gasteiger partial charge in [-0.05, 0) is 12.5 Å². The van der Waals surface area contributed by atoms with Crippen molar-refractivity contribution in [1.29, 1.82) is 0 Å². The SMILES string of the molecule is CCCNC(=O)NC(=O)CSc1nc2ccc([N+](=O)[O-])cc2s1. The number of urea groups is 1. The minimum Gasteiger partial charge on any atom is -0.338 e. The van der Waals surface area contributed by atoms with Gasteiger partial charge in [-0.15, -0.1) is 11.3 Å². The lowest BCUT2D eigenvalue weighted by Gasteiger charge is -2.04. The number of imide groups is 1. The molecule has 0 saturated carbocycles. The van der Waals surface area contributed by atoms with Crippen LogP contribution in [-0.4, -0.2) is 34.1 Å². The molecular weight excluding hydrogens is 340 g/mol. The molecule has 0 spiro atoms. The monoisotopic (exact) mass is 354 g/mol. The average Bonchev–Trinajstić information content (AvgIpc) is 2.92. The number of hydrogen-bond donors (Lipinski definition) is 2. The first-order valence-electron chi connectivity index (χ1n) is 6.75. The fourth-order valence-electron chi connectivity index (χ4n) is 1.64. The molecule has 1 heterocycles. The second-order valence-electron chi connectivity index (χ2n) is 4.48. The second-order valence-corrected chi connectivity index (χ2v) is 6.73. The number of nitrogens with one attached hydrogen (secondary N) is 2. The van der Waals surface area contributed by atoms with Gasteiger partial charge in [0.25, 0.3) is 5.69 Å². The summed E-state index contributed by atoms with van der Waals surface area (Å²) in [6.07, 6.45) is 0.786. The van der Waals surface area contributed by atoms with Crippen LogP contribution < -0.4 is 10.6 Å². The Kier molecular flexibility index (Phi) is 5.88. The van der Waals surface area contributed by atoms with Crippen molar-refractivity contribution in [2.24, 2.45) is 0 Å². The van der Waals surface area contributed by atoms with Crippen LogP contribution in [0.3, 0.4) is 0 Å². The number of rotatable bonds is 6. The van der Waals surface area contributed by atoms with Crippen LogP contribution in [0.4, 0.5) is 10.5 Å². The molecule has 0 saturated heterocycles. The van der Waals surface area contributed by atoms with Crippen molar-refractivity contribution in [1.82, 2.24) is 15.6 Å². The number of amides is 3. The number of non-ortho nitro benzene ring substituents is 1. The maximum absolute atomic E-state index is 11.6. The van der Waals surface area contributed by atoms with Crippen LogP contribution in [0.15, 0.2) is 22.5 Å². The summed E-state index contributed by atoms with van der Waals surface area (Å²) in [6.45, 7) is 2.42. The number of nitro groups is 1. The molecule has 10 heteroatoms. The Hall–Kier alpha value is -2.20.